The van der Waals surface area contributed by atoms with E-state index in [2.05, 4.69) is 4.90 Å². The van der Waals surface area contributed by atoms with Gasteiger partial charge in [-0.05, 0) is 25.9 Å². The van der Waals surface area contributed by atoms with Crippen LogP contribution in [0.2, 0.25) is 0 Å². The molecule has 0 N–H and O–H groups in total. The number of hydrogen-bond acceptors (Lipinski definition) is 3. The van der Waals surface area contributed by atoms with Crippen molar-refractivity contribution in [3.05, 3.63) is 0 Å². The lowest BCUT2D eigenvalue weighted by molar-refractivity contribution is 0.310. The van der Waals surface area contributed by atoms with Crippen LogP contribution in [0.4, 0.5) is 0 Å². The number of likely N-dealkylation sites (tertiary alicyclic amines) is 1. The Kier molecular flexibility index (Phi) is 5.32. The molecule has 6 heteroatoms. The second-order valence-electron chi connectivity index (χ2n) is 3.88. The summed E-state index contributed by atoms with van der Waals surface area (Å²) in [6, 6.07) is 0. The molecule has 4 nitrogen and oxygen atoms in total. The van der Waals surface area contributed by atoms with Gasteiger partial charge in [-0.2, -0.15) is 0 Å². The van der Waals surface area contributed by atoms with Crippen molar-refractivity contribution < 1.29 is 8.42 Å². The monoisotopic (exact) mass is 254 g/mol. The number of alkyl halides is 1. The van der Waals surface area contributed by atoms with Crippen LogP contribution in [-0.4, -0.2) is 62.5 Å². The third kappa shape index (κ3) is 4.26. The van der Waals surface area contributed by atoms with Gasteiger partial charge in [-0.1, -0.05) is 0 Å². The van der Waals surface area contributed by atoms with Crippen LogP contribution >= 0.6 is 11.6 Å². The smallest absolute Gasteiger partial charge is 0.215 e. The Bertz CT molecular complexity index is 276. The molecule has 0 saturated carbocycles. The molecule has 0 unspecified atom stereocenters. The molecule has 0 aromatic rings. The quantitative estimate of drug-likeness (QED) is 0.652. The maximum atomic E-state index is 11.6. The van der Waals surface area contributed by atoms with Crippen LogP contribution < -0.4 is 0 Å². The first-order chi connectivity index (χ1) is 7.06. The Labute approximate surface area is 97.2 Å². The molecule has 1 fully saturated rings. The van der Waals surface area contributed by atoms with Gasteiger partial charge >= 0.3 is 0 Å². The first-order valence-electron chi connectivity index (χ1n) is 5.28. The van der Waals surface area contributed by atoms with Crippen LogP contribution in [0.15, 0.2) is 0 Å². The number of nitrogens with zero attached hydrogens (tertiary/aromatic N) is 2. The summed E-state index contributed by atoms with van der Waals surface area (Å²) >= 11 is 5.44. The maximum absolute atomic E-state index is 11.6. The minimum atomic E-state index is -3.13. The lowest BCUT2D eigenvalue weighted by Gasteiger charge is -2.20. The third-order valence-electron chi connectivity index (χ3n) is 2.74. The predicted octanol–water partition coefficient (Wildman–Crippen LogP) is 0.583. The summed E-state index contributed by atoms with van der Waals surface area (Å²) in [7, 11) is -1.50. The molecule has 1 rings (SSSR count). The van der Waals surface area contributed by atoms with Crippen molar-refractivity contribution in [1.82, 2.24) is 9.21 Å². The van der Waals surface area contributed by atoms with Crippen LogP contribution in [0.5, 0.6) is 0 Å². The van der Waals surface area contributed by atoms with E-state index in [4.69, 9.17) is 11.6 Å². The molecule has 0 amide bonds. The van der Waals surface area contributed by atoms with Crippen LogP contribution in [0.1, 0.15) is 12.8 Å². The number of likely N-dealkylation sites (N-methyl/N-ethyl adjacent to an activating group) is 1. The molecule has 0 spiro atoms. The van der Waals surface area contributed by atoms with E-state index in [1.807, 2.05) is 0 Å². The zero-order valence-electron chi connectivity index (χ0n) is 9.15. The largest absolute Gasteiger partial charge is 0.302 e. The molecule has 1 aliphatic rings. The van der Waals surface area contributed by atoms with E-state index >= 15 is 0 Å². The molecular formula is C9H19ClN2O2S. The van der Waals surface area contributed by atoms with E-state index in [9.17, 15) is 8.42 Å². The maximum Gasteiger partial charge on any atom is 0.215 e. The van der Waals surface area contributed by atoms with Gasteiger partial charge in [-0.25, -0.2) is 12.7 Å². The molecule has 15 heavy (non-hydrogen) atoms. The fourth-order valence-electron chi connectivity index (χ4n) is 1.68. The van der Waals surface area contributed by atoms with E-state index in [0.29, 0.717) is 6.54 Å². The van der Waals surface area contributed by atoms with Gasteiger partial charge in [-0.3, -0.25) is 0 Å². The van der Waals surface area contributed by atoms with E-state index in [1.165, 1.54) is 17.1 Å². The molecule has 1 saturated heterocycles. The first kappa shape index (κ1) is 13.2. The van der Waals surface area contributed by atoms with Crippen LogP contribution in [0, 0.1) is 0 Å². The normalized spacial score (nSPS) is 18.9. The zero-order valence-corrected chi connectivity index (χ0v) is 10.7. The van der Waals surface area contributed by atoms with Gasteiger partial charge < -0.3 is 4.90 Å². The van der Waals surface area contributed by atoms with Crippen molar-refractivity contribution in [3.8, 4) is 0 Å². The van der Waals surface area contributed by atoms with Gasteiger partial charge in [0.05, 0.1) is 5.75 Å². The van der Waals surface area contributed by atoms with Crippen molar-refractivity contribution in [2.45, 2.75) is 12.8 Å². The van der Waals surface area contributed by atoms with Crippen molar-refractivity contribution >= 4 is 21.6 Å². The van der Waals surface area contributed by atoms with Gasteiger partial charge in [0.15, 0.2) is 0 Å². The molecule has 0 bridgehead atoms. The molecular weight excluding hydrogens is 236 g/mol. The summed E-state index contributed by atoms with van der Waals surface area (Å²) in [5.41, 5.74) is 0. The van der Waals surface area contributed by atoms with E-state index in [-0.39, 0.29) is 11.6 Å². The van der Waals surface area contributed by atoms with E-state index in [0.717, 1.165) is 19.6 Å². The Balaban J connectivity index is 2.31. The molecule has 0 aromatic carbocycles. The van der Waals surface area contributed by atoms with Gasteiger partial charge in [0.1, 0.15) is 0 Å². The molecule has 90 valence electrons. The number of halogens is 1. The molecule has 1 aliphatic heterocycles. The highest BCUT2D eigenvalue weighted by Crippen LogP contribution is 2.07. The average Bonchev–Trinajstić information content (AvgIpc) is 2.66. The van der Waals surface area contributed by atoms with Crippen molar-refractivity contribution in [2.24, 2.45) is 0 Å². The highest BCUT2D eigenvalue weighted by atomic mass is 35.5. The zero-order chi connectivity index (χ0) is 11.3. The second kappa shape index (κ2) is 6.03. The fraction of sp³-hybridized carbons (Fsp3) is 1.00. The Morgan fingerprint density at radius 1 is 1.33 bits per heavy atom. The van der Waals surface area contributed by atoms with Crippen molar-refractivity contribution in [2.75, 3.05) is 44.9 Å². The van der Waals surface area contributed by atoms with Gasteiger partial charge in [0.25, 0.3) is 0 Å². The summed E-state index contributed by atoms with van der Waals surface area (Å²) in [6.07, 6.45) is 2.47. The topological polar surface area (TPSA) is 40.6 Å². The minimum absolute atomic E-state index is 0.0328. The molecule has 0 atom stereocenters. The van der Waals surface area contributed by atoms with E-state index in [1.54, 1.807) is 7.05 Å². The SMILES string of the molecule is CN(CCN1CCCC1)S(=O)(=O)CCCl. The average molecular weight is 255 g/mol. The molecule has 1 heterocycles. The standard InChI is InChI=1S/C9H19ClN2O2S/c1-11(15(13,14)9-4-10)7-8-12-5-2-3-6-12/h2-9H2,1H3. The summed E-state index contributed by atoms with van der Waals surface area (Å²) in [5, 5.41) is 0. The Morgan fingerprint density at radius 3 is 2.47 bits per heavy atom. The number of sulfonamides is 1. The van der Waals surface area contributed by atoms with Crippen LogP contribution in [-0.2, 0) is 10.0 Å². The number of rotatable bonds is 6. The Morgan fingerprint density at radius 2 is 1.93 bits per heavy atom. The second-order valence-corrected chi connectivity index (χ2v) is 6.45. The summed E-state index contributed by atoms with van der Waals surface area (Å²) < 4.78 is 24.5. The minimum Gasteiger partial charge on any atom is -0.302 e. The Hall–Kier alpha value is 0.160. The van der Waals surface area contributed by atoms with Crippen molar-refractivity contribution in [1.29, 1.82) is 0 Å². The summed E-state index contributed by atoms with van der Waals surface area (Å²) in [4.78, 5) is 2.30. The molecule has 0 aromatic heterocycles. The summed E-state index contributed by atoms with van der Waals surface area (Å²) in [6.45, 7) is 3.60. The van der Waals surface area contributed by atoms with Gasteiger partial charge in [-0.15, -0.1) is 11.6 Å². The first-order valence-corrected chi connectivity index (χ1v) is 7.43. The van der Waals surface area contributed by atoms with Crippen molar-refractivity contribution in [3.63, 3.8) is 0 Å². The van der Waals surface area contributed by atoms with Gasteiger partial charge in [0, 0.05) is 26.0 Å². The lowest BCUT2D eigenvalue weighted by atomic mass is 10.4. The van der Waals surface area contributed by atoms with E-state index < -0.39 is 10.0 Å². The highest BCUT2D eigenvalue weighted by molar-refractivity contribution is 7.89. The summed E-state index contributed by atoms with van der Waals surface area (Å²) in [5.74, 6) is 0.196. The lowest BCUT2D eigenvalue weighted by Crippen LogP contribution is -2.36. The molecule has 0 aliphatic carbocycles. The number of hydrogen-bond donors (Lipinski definition) is 0. The fourth-order valence-corrected chi connectivity index (χ4v) is 3.13. The van der Waals surface area contributed by atoms with Gasteiger partial charge in [0.2, 0.25) is 10.0 Å². The third-order valence-corrected chi connectivity index (χ3v) is 5.01. The molecule has 0 radical (unpaired) electrons. The predicted molar refractivity (Wildman–Crippen MR) is 62.8 cm³/mol. The van der Waals surface area contributed by atoms with Crippen LogP contribution in [0.3, 0.4) is 0 Å². The highest BCUT2D eigenvalue weighted by Gasteiger charge is 2.18. The van der Waals surface area contributed by atoms with Crippen LogP contribution in [0.25, 0.3) is 0 Å².